The first kappa shape index (κ1) is 11.9. The van der Waals surface area contributed by atoms with Gasteiger partial charge in [-0.1, -0.05) is 36.4 Å². The lowest BCUT2D eigenvalue weighted by Gasteiger charge is -2.45. The van der Waals surface area contributed by atoms with Crippen molar-refractivity contribution in [2.75, 3.05) is 7.11 Å². The van der Waals surface area contributed by atoms with Crippen LogP contribution in [0.2, 0.25) is 0 Å². The number of benzene rings is 2. The average molecular weight is 269 g/mol. The molecule has 0 aliphatic carbocycles. The van der Waals surface area contributed by atoms with Crippen LogP contribution in [-0.2, 0) is 14.2 Å². The van der Waals surface area contributed by atoms with Crippen LogP contribution in [0.1, 0.15) is 18.6 Å². The number of ether oxygens (including phenoxy) is 3. The second kappa shape index (κ2) is 4.04. The summed E-state index contributed by atoms with van der Waals surface area (Å²) >= 11 is 0. The third-order valence-electron chi connectivity index (χ3n) is 3.94. The monoisotopic (exact) mass is 269 g/mol. The summed E-state index contributed by atoms with van der Waals surface area (Å²) in [6.07, 6.45) is -0.114. The van der Waals surface area contributed by atoms with Gasteiger partial charge in [0.25, 0.3) is 0 Å². The lowest BCUT2D eigenvalue weighted by molar-refractivity contribution is -0.432. The predicted octanol–water partition coefficient (Wildman–Crippen LogP) is 3.03. The molecule has 1 fully saturated rings. The zero-order valence-electron chi connectivity index (χ0n) is 11.4. The number of aliphatic imine (C=N–C) groups is 1. The van der Waals surface area contributed by atoms with E-state index in [4.69, 9.17) is 14.2 Å². The molecule has 2 aromatic carbocycles. The highest BCUT2D eigenvalue weighted by Crippen LogP contribution is 2.50. The number of methoxy groups -OCH3 is 1. The molecule has 0 spiro atoms. The minimum atomic E-state index is -1.01. The van der Waals surface area contributed by atoms with Gasteiger partial charge in [-0.05, 0) is 22.4 Å². The lowest BCUT2D eigenvalue weighted by atomic mass is 9.93. The van der Waals surface area contributed by atoms with E-state index in [9.17, 15) is 0 Å². The first-order valence-electron chi connectivity index (χ1n) is 6.67. The van der Waals surface area contributed by atoms with E-state index in [1.807, 2.05) is 19.1 Å². The minimum absolute atomic E-state index is 0.114. The number of hydrogen-bond donors (Lipinski definition) is 0. The highest BCUT2D eigenvalue weighted by Gasteiger charge is 2.63. The van der Waals surface area contributed by atoms with Crippen molar-refractivity contribution in [3.63, 3.8) is 0 Å². The second-order valence-electron chi connectivity index (χ2n) is 5.15. The molecule has 2 aliphatic rings. The molecule has 0 unspecified atom stereocenters. The van der Waals surface area contributed by atoms with E-state index in [1.165, 1.54) is 10.8 Å². The molecule has 4 rings (SSSR count). The van der Waals surface area contributed by atoms with Crippen LogP contribution in [0, 0.1) is 0 Å². The molecule has 0 amide bonds. The van der Waals surface area contributed by atoms with Gasteiger partial charge in [0.15, 0.2) is 11.9 Å². The van der Waals surface area contributed by atoms with Gasteiger partial charge in [0.1, 0.15) is 6.10 Å². The van der Waals surface area contributed by atoms with Crippen molar-refractivity contribution < 1.29 is 14.2 Å². The molecule has 1 saturated heterocycles. The van der Waals surface area contributed by atoms with E-state index in [0.29, 0.717) is 5.90 Å². The summed E-state index contributed by atoms with van der Waals surface area (Å²) in [5.41, 5.74) is 1.10. The van der Waals surface area contributed by atoms with Crippen molar-refractivity contribution in [3.8, 4) is 0 Å². The lowest BCUT2D eigenvalue weighted by Crippen LogP contribution is -2.58. The van der Waals surface area contributed by atoms with E-state index in [-0.39, 0.29) is 12.1 Å². The zero-order valence-corrected chi connectivity index (χ0v) is 11.4. The maximum Gasteiger partial charge on any atom is 0.355 e. The van der Waals surface area contributed by atoms with Gasteiger partial charge >= 0.3 is 5.97 Å². The summed E-state index contributed by atoms with van der Waals surface area (Å²) in [6, 6.07) is 14.5. The van der Waals surface area contributed by atoms with Crippen LogP contribution in [0.25, 0.3) is 10.8 Å². The quantitative estimate of drug-likeness (QED) is 0.841. The molecule has 4 heteroatoms. The van der Waals surface area contributed by atoms with E-state index in [0.717, 1.165) is 5.56 Å². The Morgan fingerprint density at radius 2 is 1.95 bits per heavy atom. The van der Waals surface area contributed by atoms with Gasteiger partial charge in [0.2, 0.25) is 0 Å². The van der Waals surface area contributed by atoms with Gasteiger partial charge in [-0.25, -0.2) is 4.99 Å². The van der Waals surface area contributed by atoms with Crippen molar-refractivity contribution >= 4 is 16.7 Å². The van der Waals surface area contributed by atoms with Crippen molar-refractivity contribution in [1.82, 2.24) is 0 Å². The van der Waals surface area contributed by atoms with Gasteiger partial charge in [-0.3, -0.25) is 0 Å². The fourth-order valence-electron chi connectivity index (χ4n) is 2.93. The molecular formula is C16H15NO3. The fraction of sp³-hybridized carbons (Fsp3) is 0.312. The standard InChI is InChI=1S/C16H15NO3/c1-10-17-15-14(20-16(15,18-2)19-10)13-8-7-11-5-3-4-6-12(11)9-13/h3-9,14-15H,1-2H3/t14-,15+,16+/m1/s1. The second-order valence-corrected chi connectivity index (χ2v) is 5.15. The summed E-state index contributed by atoms with van der Waals surface area (Å²) < 4.78 is 16.7. The molecule has 0 radical (unpaired) electrons. The van der Waals surface area contributed by atoms with Crippen LogP contribution < -0.4 is 0 Å². The minimum Gasteiger partial charge on any atom is -0.424 e. The van der Waals surface area contributed by atoms with E-state index >= 15 is 0 Å². The Bertz CT molecular complexity index is 712. The van der Waals surface area contributed by atoms with E-state index < -0.39 is 5.97 Å². The Morgan fingerprint density at radius 3 is 2.75 bits per heavy atom. The SMILES string of the molecule is CO[C@]12OC(C)=N[C@H]1[C@@H](c1ccc3ccccc3c1)O2. The molecular weight excluding hydrogens is 254 g/mol. The van der Waals surface area contributed by atoms with Crippen LogP contribution in [0.15, 0.2) is 47.5 Å². The Balaban J connectivity index is 1.71. The summed E-state index contributed by atoms with van der Waals surface area (Å²) in [5, 5.41) is 2.42. The van der Waals surface area contributed by atoms with Gasteiger partial charge < -0.3 is 14.2 Å². The first-order valence-corrected chi connectivity index (χ1v) is 6.67. The molecule has 3 atom stereocenters. The fourth-order valence-corrected chi connectivity index (χ4v) is 2.93. The van der Waals surface area contributed by atoms with Crippen LogP contribution in [0.4, 0.5) is 0 Å². The summed E-state index contributed by atoms with van der Waals surface area (Å²) in [5.74, 6) is -0.402. The Hall–Kier alpha value is -1.91. The molecule has 2 heterocycles. The molecule has 2 aliphatic heterocycles. The predicted molar refractivity (Wildman–Crippen MR) is 75.5 cm³/mol. The number of fused-ring (bicyclic) bond motifs is 2. The van der Waals surface area contributed by atoms with Crippen molar-refractivity contribution in [2.45, 2.75) is 25.0 Å². The van der Waals surface area contributed by atoms with Gasteiger partial charge in [-0.2, -0.15) is 0 Å². The van der Waals surface area contributed by atoms with Crippen LogP contribution in [-0.4, -0.2) is 25.0 Å². The maximum atomic E-state index is 5.85. The van der Waals surface area contributed by atoms with E-state index in [1.54, 1.807) is 7.11 Å². The average Bonchev–Trinajstić information content (AvgIpc) is 2.72. The van der Waals surface area contributed by atoms with Crippen molar-refractivity contribution in [1.29, 1.82) is 0 Å². The third-order valence-corrected chi connectivity index (χ3v) is 3.94. The summed E-state index contributed by atoms with van der Waals surface area (Å²) in [4.78, 5) is 4.48. The molecule has 0 bridgehead atoms. The highest BCUT2D eigenvalue weighted by molar-refractivity contribution is 5.83. The van der Waals surface area contributed by atoms with Crippen LogP contribution in [0.3, 0.4) is 0 Å². The normalized spacial score (nSPS) is 31.4. The molecule has 2 aromatic rings. The van der Waals surface area contributed by atoms with Crippen molar-refractivity contribution in [2.24, 2.45) is 4.99 Å². The maximum absolute atomic E-state index is 5.85. The van der Waals surface area contributed by atoms with Crippen LogP contribution in [0.5, 0.6) is 0 Å². The van der Waals surface area contributed by atoms with Crippen molar-refractivity contribution in [3.05, 3.63) is 48.0 Å². The number of rotatable bonds is 2. The number of hydrogen-bond acceptors (Lipinski definition) is 4. The van der Waals surface area contributed by atoms with Gasteiger partial charge in [0.05, 0.1) is 0 Å². The molecule has 102 valence electrons. The topological polar surface area (TPSA) is 40.0 Å². The Labute approximate surface area is 117 Å². The Kier molecular flexibility index (Phi) is 2.40. The molecule has 20 heavy (non-hydrogen) atoms. The smallest absolute Gasteiger partial charge is 0.355 e. The summed E-state index contributed by atoms with van der Waals surface area (Å²) in [7, 11) is 1.58. The van der Waals surface area contributed by atoms with Gasteiger partial charge in [0, 0.05) is 14.0 Å². The molecule has 0 N–H and O–H groups in total. The molecule has 0 aromatic heterocycles. The van der Waals surface area contributed by atoms with Crippen LogP contribution >= 0.6 is 0 Å². The largest absolute Gasteiger partial charge is 0.424 e. The first-order chi connectivity index (χ1) is 9.72. The third kappa shape index (κ3) is 1.52. The molecule has 4 nitrogen and oxygen atoms in total. The highest BCUT2D eigenvalue weighted by atomic mass is 16.9. The van der Waals surface area contributed by atoms with E-state index in [2.05, 4.69) is 35.3 Å². The molecule has 0 saturated carbocycles. The zero-order chi connectivity index (χ0) is 13.7. The summed E-state index contributed by atoms with van der Waals surface area (Å²) in [6.45, 7) is 1.82. The Morgan fingerprint density at radius 1 is 1.15 bits per heavy atom. The number of nitrogens with zero attached hydrogens (tertiary/aromatic N) is 1. The van der Waals surface area contributed by atoms with Gasteiger partial charge in [-0.15, -0.1) is 0 Å².